The van der Waals surface area contributed by atoms with E-state index in [2.05, 4.69) is 25.2 Å². The standard InChI is InChI=1S/C18H27NO/c1-17-9-4-3-5-12(17)6-7-13-14(17)8-10-18(2)15(13)11-19-16(18)20/h5,13-15H,3-4,6-11H2,1-2H3,(H,19,20)/t13-,14-,15+,17+,18+/m1/s1. The van der Waals surface area contributed by atoms with Crippen molar-refractivity contribution in [3.05, 3.63) is 11.6 Å². The van der Waals surface area contributed by atoms with Crippen LogP contribution in [0.3, 0.4) is 0 Å². The quantitative estimate of drug-likeness (QED) is 0.670. The maximum Gasteiger partial charge on any atom is 0.226 e. The number of hydrogen-bond donors (Lipinski definition) is 1. The molecule has 0 unspecified atom stereocenters. The van der Waals surface area contributed by atoms with E-state index in [0.29, 0.717) is 17.2 Å². The number of allylic oxidation sites excluding steroid dienone is 2. The van der Waals surface area contributed by atoms with Crippen LogP contribution in [0.2, 0.25) is 0 Å². The first-order valence-corrected chi connectivity index (χ1v) is 8.53. The molecule has 3 fully saturated rings. The second-order valence-corrected chi connectivity index (χ2v) is 8.12. The van der Waals surface area contributed by atoms with Crippen LogP contribution in [0.4, 0.5) is 0 Å². The zero-order valence-corrected chi connectivity index (χ0v) is 12.9. The molecule has 4 rings (SSSR count). The summed E-state index contributed by atoms with van der Waals surface area (Å²) in [7, 11) is 0. The van der Waals surface area contributed by atoms with Gasteiger partial charge in [0.15, 0.2) is 0 Å². The van der Waals surface area contributed by atoms with Crippen molar-refractivity contribution in [2.75, 3.05) is 6.54 Å². The second-order valence-electron chi connectivity index (χ2n) is 8.12. The van der Waals surface area contributed by atoms with Crippen LogP contribution in [-0.4, -0.2) is 12.5 Å². The molecule has 0 aromatic carbocycles. The van der Waals surface area contributed by atoms with Crippen LogP contribution in [0.1, 0.15) is 58.8 Å². The molecular weight excluding hydrogens is 246 g/mol. The fraction of sp³-hybridized carbons (Fsp3) is 0.833. The number of fused-ring (bicyclic) bond motifs is 5. The lowest BCUT2D eigenvalue weighted by Gasteiger charge is -2.56. The molecule has 20 heavy (non-hydrogen) atoms. The Bertz CT molecular complexity index is 482. The molecule has 2 saturated carbocycles. The van der Waals surface area contributed by atoms with Crippen LogP contribution >= 0.6 is 0 Å². The molecule has 3 aliphatic carbocycles. The number of rotatable bonds is 0. The van der Waals surface area contributed by atoms with E-state index in [-0.39, 0.29) is 5.41 Å². The third-order valence-electron chi connectivity index (χ3n) is 7.42. The van der Waals surface area contributed by atoms with Gasteiger partial charge in [-0.2, -0.15) is 0 Å². The molecule has 110 valence electrons. The summed E-state index contributed by atoms with van der Waals surface area (Å²) in [6, 6.07) is 0. The van der Waals surface area contributed by atoms with E-state index in [1.807, 2.05) is 0 Å². The number of hydrogen-bond acceptors (Lipinski definition) is 1. The number of carbonyl (C=O) groups excluding carboxylic acids is 1. The van der Waals surface area contributed by atoms with Gasteiger partial charge in [-0.3, -0.25) is 4.79 Å². The molecule has 2 nitrogen and oxygen atoms in total. The molecule has 2 heteroatoms. The van der Waals surface area contributed by atoms with Crippen molar-refractivity contribution in [3.8, 4) is 0 Å². The highest BCUT2D eigenvalue weighted by atomic mass is 16.2. The maximum absolute atomic E-state index is 12.2. The largest absolute Gasteiger partial charge is 0.355 e. The Labute approximate surface area is 122 Å². The van der Waals surface area contributed by atoms with Crippen molar-refractivity contribution < 1.29 is 4.79 Å². The Morgan fingerprint density at radius 2 is 2.00 bits per heavy atom. The highest BCUT2D eigenvalue weighted by Gasteiger charge is 2.58. The Hall–Kier alpha value is -0.790. The molecule has 0 aromatic heterocycles. The molecule has 1 saturated heterocycles. The average molecular weight is 273 g/mol. The summed E-state index contributed by atoms with van der Waals surface area (Å²) in [6.45, 7) is 5.69. The maximum atomic E-state index is 12.2. The van der Waals surface area contributed by atoms with E-state index in [4.69, 9.17) is 0 Å². The van der Waals surface area contributed by atoms with Crippen molar-refractivity contribution in [2.24, 2.45) is 28.6 Å². The van der Waals surface area contributed by atoms with Crippen molar-refractivity contribution in [3.63, 3.8) is 0 Å². The van der Waals surface area contributed by atoms with Gasteiger partial charge in [0.2, 0.25) is 5.91 Å². The zero-order valence-electron chi connectivity index (χ0n) is 12.9. The molecule has 0 bridgehead atoms. The Morgan fingerprint density at radius 3 is 2.85 bits per heavy atom. The summed E-state index contributed by atoms with van der Waals surface area (Å²) in [4.78, 5) is 12.2. The normalized spacial score (nSPS) is 50.6. The average Bonchev–Trinajstić information content (AvgIpc) is 2.74. The van der Waals surface area contributed by atoms with E-state index in [1.54, 1.807) is 5.57 Å². The number of carbonyl (C=O) groups is 1. The van der Waals surface area contributed by atoms with Crippen LogP contribution in [0, 0.1) is 28.6 Å². The van der Waals surface area contributed by atoms with Crippen LogP contribution in [0.25, 0.3) is 0 Å². The molecule has 0 radical (unpaired) electrons. The second kappa shape index (κ2) is 4.11. The van der Waals surface area contributed by atoms with Gasteiger partial charge in [0, 0.05) is 6.54 Å². The first-order valence-electron chi connectivity index (χ1n) is 8.53. The summed E-state index contributed by atoms with van der Waals surface area (Å²) >= 11 is 0. The molecule has 1 heterocycles. The van der Waals surface area contributed by atoms with Crippen LogP contribution in [-0.2, 0) is 4.79 Å². The molecule has 1 N–H and O–H groups in total. The van der Waals surface area contributed by atoms with Gasteiger partial charge in [0.05, 0.1) is 5.41 Å². The third-order valence-corrected chi connectivity index (χ3v) is 7.42. The Morgan fingerprint density at radius 1 is 1.15 bits per heavy atom. The van der Waals surface area contributed by atoms with Crippen molar-refractivity contribution in [2.45, 2.75) is 58.8 Å². The van der Waals surface area contributed by atoms with Crippen molar-refractivity contribution in [1.29, 1.82) is 0 Å². The fourth-order valence-corrected chi connectivity index (χ4v) is 6.14. The predicted octanol–water partition coefficient (Wildman–Crippen LogP) is 3.68. The van der Waals surface area contributed by atoms with Gasteiger partial charge in [-0.05, 0) is 68.1 Å². The molecule has 1 aliphatic heterocycles. The molecule has 4 aliphatic rings. The monoisotopic (exact) mass is 273 g/mol. The SMILES string of the molecule is C[C@]12CCCC=C1CC[C@@H]1[C@H]2CC[C@]2(C)C(=O)NC[C@@H]12. The number of amides is 1. The van der Waals surface area contributed by atoms with Gasteiger partial charge in [-0.15, -0.1) is 0 Å². The molecule has 1 amide bonds. The van der Waals surface area contributed by atoms with E-state index in [0.717, 1.165) is 24.8 Å². The topological polar surface area (TPSA) is 29.1 Å². The van der Waals surface area contributed by atoms with Gasteiger partial charge in [0.1, 0.15) is 0 Å². The summed E-state index contributed by atoms with van der Waals surface area (Å²) in [5, 5.41) is 3.17. The van der Waals surface area contributed by atoms with Crippen molar-refractivity contribution >= 4 is 5.91 Å². The van der Waals surface area contributed by atoms with E-state index >= 15 is 0 Å². The van der Waals surface area contributed by atoms with E-state index in [1.165, 1.54) is 38.5 Å². The van der Waals surface area contributed by atoms with Gasteiger partial charge in [0.25, 0.3) is 0 Å². The minimum atomic E-state index is -0.0621. The van der Waals surface area contributed by atoms with Gasteiger partial charge in [-0.1, -0.05) is 25.5 Å². The van der Waals surface area contributed by atoms with Crippen molar-refractivity contribution in [1.82, 2.24) is 5.32 Å². The summed E-state index contributed by atoms with van der Waals surface area (Å²) in [5.41, 5.74) is 2.15. The number of nitrogens with one attached hydrogen (secondary N) is 1. The fourth-order valence-electron chi connectivity index (χ4n) is 6.14. The van der Waals surface area contributed by atoms with Gasteiger partial charge < -0.3 is 5.32 Å². The minimum absolute atomic E-state index is 0.0621. The first kappa shape index (κ1) is 12.9. The molecular formula is C18H27NO. The molecule has 0 aromatic rings. The first-order chi connectivity index (χ1) is 9.56. The Balaban J connectivity index is 1.70. The van der Waals surface area contributed by atoms with Crippen LogP contribution < -0.4 is 5.32 Å². The summed E-state index contributed by atoms with van der Waals surface area (Å²) in [6.07, 6.45) is 11.6. The predicted molar refractivity (Wildman–Crippen MR) is 80.1 cm³/mol. The molecule has 0 spiro atoms. The molecule has 5 atom stereocenters. The van der Waals surface area contributed by atoms with Gasteiger partial charge >= 0.3 is 0 Å². The van der Waals surface area contributed by atoms with Gasteiger partial charge in [-0.25, -0.2) is 0 Å². The van der Waals surface area contributed by atoms with Crippen LogP contribution in [0.15, 0.2) is 11.6 Å². The third kappa shape index (κ3) is 1.48. The highest BCUT2D eigenvalue weighted by molar-refractivity contribution is 5.85. The lowest BCUT2D eigenvalue weighted by molar-refractivity contribution is -0.133. The Kier molecular flexibility index (Phi) is 2.66. The zero-order chi connectivity index (χ0) is 14.0. The van der Waals surface area contributed by atoms with Crippen LogP contribution in [0.5, 0.6) is 0 Å². The minimum Gasteiger partial charge on any atom is -0.355 e. The van der Waals surface area contributed by atoms with E-state index < -0.39 is 0 Å². The summed E-state index contributed by atoms with van der Waals surface area (Å²) < 4.78 is 0. The smallest absolute Gasteiger partial charge is 0.226 e. The highest BCUT2D eigenvalue weighted by Crippen LogP contribution is 2.62. The summed E-state index contributed by atoms with van der Waals surface area (Å²) in [5.74, 6) is 2.52. The lowest BCUT2D eigenvalue weighted by Crippen LogP contribution is -2.50. The van der Waals surface area contributed by atoms with E-state index in [9.17, 15) is 4.79 Å². The lowest BCUT2D eigenvalue weighted by atomic mass is 9.47.